The van der Waals surface area contributed by atoms with Gasteiger partial charge in [0.05, 0.1) is 38.9 Å². The van der Waals surface area contributed by atoms with E-state index in [1.165, 1.54) is 32.9 Å². The van der Waals surface area contributed by atoms with Crippen LogP contribution >= 0.6 is 0 Å². The number of benzene rings is 6. The van der Waals surface area contributed by atoms with E-state index in [0.717, 1.165) is 38.6 Å². The molecule has 0 amide bonds. The lowest BCUT2D eigenvalue weighted by molar-refractivity contribution is 0.591. The Morgan fingerprint density at radius 1 is 0.460 bits per heavy atom. The van der Waals surface area contributed by atoms with Crippen LogP contribution in [0.1, 0.15) is 63.8 Å². The van der Waals surface area contributed by atoms with Crippen LogP contribution in [-0.4, -0.2) is 9.13 Å². The average Bonchev–Trinajstić information content (AvgIpc) is 3.62. The number of fused-ring (bicyclic) bond motifs is 6. The molecule has 0 aliphatic carbocycles. The molecule has 4 nitrogen and oxygen atoms in total. The number of rotatable bonds is 3. The standard InChI is InChI=1S/C46H38N4/c1-45(2,3)32-17-21-41-37(25-32)35-19-15-30(24-44(35)49(41)34-12-8-7-9-13-34)29-16-20-42-36(23-29)38-26-33(46(4,5)6)18-22-43(38)50(42)40-14-10-11-31(27-47)39(40)28-48/h7-26H,1-6H3. The van der Waals surface area contributed by atoms with E-state index in [1.54, 1.807) is 6.07 Å². The number of nitriles is 2. The minimum atomic E-state index is -0.0402. The third-order valence-corrected chi connectivity index (χ3v) is 10.1. The summed E-state index contributed by atoms with van der Waals surface area (Å²) in [4.78, 5) is 0. The van der Waals surface area contributed by atoms with E-state index < -0.39 is 0 Å². The maximum atomic E-state index is 10.2. The molecule has 0 N–H and O–H groups in total. The van der Waals surface area contributed by atoms with Crippen LogP contribution in [0.4, 0.5) is 0 Å². The number of hydrogen-bond donors (Lipinski definition) is 0. The molecule has 0 unspecified atom stereocenters. The molecule has 2 heterocycles. The average molecular weight is 647 g/mol. The zero-order valence-corrected chi connectivity index (χ0v) is 29.3. The molecule has 0 aliphatic heterocycles. The zero-order valence-electron chi connectivity index (χ0n) is 29.3. The smallest absolute Gasteiger partial charge is 0.103 e. The summed E-state index contributed by atoms with van der Waals surface area (Å²) in [6.45, 7) is 13.5. The topological polar surface area (TPSA) is 57.4 Å². The molecule has 0 aliphatic rings. The van der Waals surface area contributed by atoms with Crippen molar-refractivity contribution in [3.8, 4) is 34.6 Å². The normalized spacial score (nSPS) is 12.2. The lowest BCUT2D eigenvalue weighted by Crippen LogP contribution is -2.10. The number of aromatic nitrogens is 2. The Kier molecular flexibility index (Phi) is 7.00. The summed E-state index contributed by atoms with van der Waals surface area (Å²) in [5.41, 5.74) is 11.8. The highest BCUT2D eigenvalue weighted by Gasteiger charge is 2.22. The summed E-state index contributed by atoms with van der Waals surface area (Å²) in [6.07, 6.45) is 0. The first-order valence-electron chi connectivity index (χ1n) is 17.1. The zero-order chi connectivity index (χ0) is 34.9. The number of para-hydroxylation sites is 1. The van der Waals surface area contributed by atoms with E-state index in [0.29, 0.717) is 16.8 Å². The second-order valence-corrected chi connectivity index (χ2v) is 15.4. The Morgan fingerprint density at radius 3 is 1.64 bits per heavy atom. The quantitative estimate of drug-likeness (QED) is 0.192. The van der Waals surface area contributed by atoms with Gasteiger partial charge in [-0.1, -0.05) is 96.1 Å². The van der Waals surface area contributed by atoms with Gasteiger partial charge < -0.3 is 9.13 Å². The predicted octanol–water partition coefficient (Wildman–Crippen LogP) is 11.9. The van der Waals surface area contributed by atoms with Crippen LogP contribution in [0.15, 0.2) is 121 Å². The van der Waals surface area contributed by atoms with E-state index in [1.807, 2.05) is 12.1 Å². The summed E-state index contributed by atoms with van der Waals surface area (Å²) in [6, 6.07) is 47.6. The highest BCUT2D eigenvalue weighted by atomic mass is 15.0. The van der Waals surface area contributed by atoms with Crippen molar-refractivity contribution in [3.05, 3.63) is 144 Å². The van der Waals surface area contributed by atoms with E-state index in [9.17, 15) is 10.5 Å². The summed E-state index contributed by atoms with van der Waals surface area (Å²) < 4.78 is 4.52. The minimum absolute atomic E-state index is 0.0402. The van der Waals surface area contributed by atoms with Crippen LogP contribution in [0, 0.1) is 22.7 Å². The SMILES string of the molecule is CC(C)(C)c1ccc2c(c1)c1ccc(-c3ccc4c(c3)c3cc(C(C)(C)C)ccc3n4-c3cccc(C#N)c3C#N)cc1n2-c1ccccc1. The third kappa shape index (κ3) is 4.88. The Bertz CT molecular complexity index is 2730. The molecule has 0 saturated heterocycles. The van der Waals surface area contributed by atoms with E-state index >= 15 is 0 Å². The lowest BCUT2D eigenvalue weighted by atomic mass is 9.86. The van der Waals surface area contributed by atoms with Gasteiger partial charge in [-0.2, -0.15) is 10.5 Å². The van der Waals surface area contributed by atoms with E-state index in [2.05, 4.69) is 166 Å². The molecule has 0 bridgehead atoms. The molecule has 0 saturated carbocycles. The second-order valence-electron chi connectivity index (χ2n) is 15.4. The molecular formula is C46H38N4. The highest BCUT2D eigenvalue weighted by Crippen LogP contribution is 2.40. The Hall–Kier alpha value is -6.10. The van der Waals surface area contributed by atoms with Crippen molar-refractivity contribution in [1.82, 2.24) is 9.13 Å². The van der Waals surface area contributed by atoms with Gasteiger partial charge in [0, 0.05) is 27.2 Å². The van der Waals surface area contributed by atoms with Crippen LogP contribution in [-0.2, 0) is 10.8 Å². The monoisotopic (exact) mass is 646 g/mol. The van der Waals surface area contributed by atoms with Gasteiger partial charge in [0.1, 0.15) is 12.1 Å². The molecule has 6 aromatic carbocycles. The van der Waals surface area contributed by atoms with Crippen LogP contribution < -0.4 is 0 Å². The fourth-order valence-corrected chi connectivity index (χ4v) is 7.39. The number of hydrogen-bond acceptors (Lipinski definition) is 2. The van der Waals surface area contributed by atoms with Gasteiger partial charge in [-0.15, -0.1) is 0 Å². The van der Waals surface area contributed by atoms with Gasteiger partial charge >= 0.3 is 0 Å². The largest absolute Gasteiger partial charge is 0.309 e. The van der Waals surface area contributed by atoms with Crippen molar-refractivity contribution in [2.45, 2.75) is 52.4 Å². The molecule has 0 atom stereocenters. The first-order chi connectivity index (χ1) is 24.0. The van der Waals surface area contributed by atoms with E-state index in [-0.39, 0.29) is 10.8 Å². The molecule has 2 aromatic heterocycles. The molecule has 0 radical (unpaired) electrons. The molecule has 50 heavy (non-hydrogen) atoms. The van der Waals surface area contributed by atoms with Crippen molar-refractivity contribution in [1.29, 1.82) is 10.5 Å². The van der Waals surface area contributed by atoms with Crippen molar-refractivity contribution >= 4 is 43.6 Å². The van der Waals surface area contributed by atoms with Gasteiger partial charge in [0.25, 0.3) is 0 Å². The van der Waals surface area contributed by atoms with Crippen molar-refractivity contribution in [2.24, 2.45) is 0 Å². The molecule has 0 fully saturated rings. The Labute approximate surface area is 293 Å². The summed E-state index contributed by atoms with van der Waals surface area (Å²) in [7, 11) is 0. The van der Waals surface area contributed by atoms with Crippen LogP contribution in [0.2, 0.25) is 0 Å². The maximum absolute atomic E-state index is 10.2. The Balaban J connectivity index is 1.40. The minimum Gasteiger partial charge on any atom is -0.309 e. The van der Waals surface area contributed by atoms with Crippen molar-refractivity contribution < 1.29 is 0 Å². The highest BCUT2D eigenvalue weighted by molar-refractivity contribution is 6.13. The van der Waals surface area contributed by atoms with Crippen molar-refractivity contribution in [3.63, 3.8) is 0 Å². The van der Waals surface area contributed by atoms with Crippen LogP contribution in [0.25, 0.3) is 66.1 Å². The molecule has 8 aromatic rings. The van der Waals surface area contributed by atoms with E-state index in [4.69, 9.17) is 0 Å². The van der Waals surface area contributed by atoms with Crippen LogP contribution in [0.3, 0.4) is 0 Å². The molecule has 242 valence electrons. The molecule has 4 heteroatoms. The van der Waals surface area contributed by atoms with Gasteiger partial charge in [0.2, 0.25) is 0 Å². The first-order valence-corrected chi connectivity index (χ1v) is 17.1. The van der Waals surface area contributed by atoms with Gasteiger partial charge in [-0.05, 0) is 99.8 Å². The molecule has 8 rings (SSSR count). The maximum Gasteiger partial charge on any atom is 0.103 e. The predicted molar refractivity (Wildman–Crippen MR) is 207 cm³/mol. The van der Waals surface area contributed by atoms with Crippen LogP contribution in [0.5, 0.6) is 0 Å². The number of nitrogens with zero attached hydrogens (tertiary/aromatic N) is 4. The fraction of sp³-hybridized carbons (Fsp3) is 0.174. The second kappa shape index (κ2) is 11.2. The van der Waals surface area contributed by atoms with Gasteiger partial charge in [0.15, 0.2) is 0 Å². The van der Waals surface area contributed by atoms with Gasteiger partial charge in [-0.3, -0.25) is 0 Å². The van der Waals surface area contributed by atoms with Crippen molar-refractivity contribution in [2.75, 3.05) is 0 Å². The molecule has 0 spiro atoms. The summed E-state index contributed by atoms with van der Waals surface area (Å²) in [5.74, 6) is 0. The molecular weight excluding hydrogens is 609 g/mol. The summed E-state index contributed by atoms with van der Waals surface area (Å²) >= 11 is 0. The summed E-state index contributed by atoms with van der Waals surface area (Å²) in [5, 5.41) is 24.7. The van der Waals surface area contributed by atoms with Gasteiger partial charge in [-0.25, -0.2) is 0 Å². The Morgan fingerprint density at radius 2 is 1.02 bits per heavy atom. The lowest BCUT2D eigenvalue weighted by Gasteiger charge is -2.19. The first kappa shape index (κ1) is 31.2. The third-order valence-electron chi connectivity index (χ3n) is 10.1. The fourth-order valence-electron chi connectivity index (χ4n) is 7.39.